The van der Waals surface area contributed by atoms with Gasteiger partial charge in [0.2, 0.25) is 5.91 Å². The molecule has 0 saturated carbocycles. The zero-order valence-electron chi connectivity index (χ0n) is 20.9. The quantitative estimate of drug-likeness (QED) is 0.274. The van der Waals surface area contributed by atoms with Gasteiger partial charge < -0.3 is 15.0 Å². The van der Waals surface area contributed by atoms with E-state index in [1.807, 2.05) is 61.5 Å². The van der Waals surface area contributed by atoms with Gasteiger partial charge in [-0.3, -0.25) is 9.59 Å². The second kappa shape index (κ2) is 12.2. The highest BCUT2D eigenvalue weighted by Crippen LogP contribution is 2.28. The Balaban J connectivity index is 1.74. The number of hydrogen-bond acceptors (Lipinski definition) is 3. The third kappa shape index (κ3) is 6.78. The maximum atomic E-state index is 13.9. The van der Waals surface area contributed by atoms with Gasteiger partial charge in [-0.15, -0.1) is 0 Å². The summed E-state index contributed by atoms with van der Waals surface area (Å²) in [6, 6.07) is 30.7. The van der Waals surface area contributed by atoms with Crippen molar-refractivity contribution in [2.75, 3.05) is 12.4 Å². The number of anilines is 1. The van der Waals surface area contributed by atoms with Crippen LogP contribution in [0.4, 0.5) is 5.69 Å². The average molecular weight is 513 g/mol. The minimum absolute atomic E-state index is 0.153. The molecule has 4 aromatic rings. The Hall–Kier alpha value is -4.09. The molecule has 2 amide bonds. The highest BCUT2D eigenvalue weighted by molar-refractivity contribution is 6.30. The lowest BCUT2D eigenvalue weighted by Gasteiger charge is -2.32. The first-order valence-electron chi connectivity index (χ1n) is 12.0. The summed E-state index contributed by atoms with van der Waals surface area (Å²) in [7, 11) is 1.59. The zero-order chi connectivity index (χ0) is 26.2. The van der Waals surface area contributed by atoms with Gasteiger partial charge in [0, 0.05) is 17.3 Å². The average Bonchev–Trinajstić information content (AvgIpc) is 2.91. The Morgan fingerprint density at radius 1 is 0.865 bits per heavy atom. The van der Waals surface area contributed by atoms with Crippen molar-refractivity contribution in [1.82, 2.24) is 4.90 Å². The van der Waals surface area contributed by atoms with Crippen molar-refractivity contribution in [2.45, 2.75) is 25.9 Å². The highest BCUT2D eigenvalue weighted by Gasteiger charge is 2.32. The normalized spacial score (nSPS) is 11.4. The summed E-state index contributed by atoms with van der Waals surface area (Å²) >= 11 is 6.16. The highest BCUT2D eigenvalue weighted by atomic mass is 35.5. The molecular formula is C31H29ClN2O3. The van der Waals surface area contributed by atoms with Crippen LogP contribution in [-0.2, 0) is 22.6 Å². The van der Waals surface area contributed by atoms with Gasteiger partial charge in [0.1, 0.15) is 11.8 Å². The van der Waals surface area contributed by atoms with Gasteiger partial charge in [-0.05, 0) is 65.6 Å². The minimum Gasteiger partial charge on any atom is -0.497 e. The zero-order valence-corrected chi connectivity index (χ0v) is 21.6. The molecule has 0 spiro atoms. The molecule has 0 fully saturated rings. The van der Waals surface area contributed by atoms with Gasteiger partial charge in [0.05, 0.1) is 13.5 Å². The van der Waals surface area contributed by atoms with Crippen molar-refractivity contribution in [3.63, 3.8) is 0 Å². The van der Waals surface area contributed by atoms with E-state index in [0.717, 1.165) is 16.7 Å². The van der Waals surface area contributed by atoms with Gasteiger partial charge in [0.15, 0.2) is 0 Å². The number of amides is 2. The number of nitrogens with zero attached hydrogens (tertiary/aromatic N) is 1. The summed E-state index contributed by atoms with van der Waals surface area (Å²) in [4.78, 5) is 29.4. The van der Waals surface area contributed by atoms with E-state index in [9.17, 15) is 9.59 Å². The minimum atomic E-state index is -0.879. The van der Waals surface area contributed by atoms with Crippen molar-refractivity contribution in [1.29, 1.82) is 0 Å². The number of benzene rings is 4. The number of methoxy groups -OCH3 is 1. The Kier molecular flexibility index (Phi) is 8.60. The molecular weight excluding hydrogens is 484 g/mol. The van der Waals surface area contributed by atoms with Crippen LogP contribution in [0.15, 0.2) is 103 Å². The Bertz CT molecular complexity index is 1340. The molecule has 4 rings (SSSR count). The second-order valence-corrected chi connectivity index (χ2v) is 9.22. The first-order valence-corrected chi connectivity index (χ1v) is 12.4. The van der Waals surface area contributed by atoms with E-state index in [1.165, 1.54) is 0 Å². The van der Waals surface area contributed by atoms with Crippen LogP contribution in [0.1, 0.15) is 28.3 Å². The smallest absolute Gasteiger partial charge is 0.251 e. The summed E-state index contributed by atoms with van der Waals surface area (Å²) < 4.78 is 5.23. The van der Waals surface area contributed by atoms with Crippen LogP contribution in [0.3, 0.4) is 0 Å². The molecule has 188 valence electrons. The van der Waals surface area contributed by atoms with E-state index in [2.05, 4.69) is 5.32 Å². The van der Waals surface area contributed by atoms with E-state index in [4.69, 9.17) is 16.3 Å². The monoisotopic (exact) mass is 512 g/mol. The maximum absolute atomic E-state index is 13.9. The number of nitrogens with one attached hydrogen (secondary N) is 1. The molecule has 0 saturated heterocycles. The van der Waals surface area contributed by atoms with Crippen molar-refractivity contribution in [3.05, 3.63) is 130 Å². The van der Waals surface area contributed by atoms with Crippen LogP contribution in [0.5, 0.6) is 5.75 Å². The Morgan fingerprint density at radius 3 is 2.16 bits per heavy atom. The predicted molar refractivity (Wildman–Crippen MR) is 148 cm³/mol. The molecule has 0 aromatic heterocycles. The molecule has 0 radical (unpaired) electrons. The van der Waals surface area contributed by atoms with Crippen molar-refractivity contribution in [3.8, 4) is 5.75 Å². The fraction of sp³-hybridized carbons (Fsp3) is 0.161. The van der Waals surface area contributed by atoms with Crippen LogP contribution in [-0.4, -0.2) is 23.8 Å². The largest absolute Gasteiger partial charge is 0.497 e. The summed E-state index contributed by atoms with van der Waals surface area (Å²) in [5, 5.41) is 3.54. The van der Waals surface area contributed by atoms with Crippen LogP contribution >= 0.6 is 11.6 Å². The van der Waals surface area contributed by atoms with Crippen LogP contribution in [0.25, 0.3) is 0 Å². The molecule has 5 nitrogen and oxygen atoms in total. The van der Waals surface area contributed by atoms with Gasteiger partial charge in [0.25, 0.3) is 5.91 Å². The molecule has 0 aliphatic heterocycles. The molecule has 0 bridgehead atoms. The van der Waals surface area contributed by atoms with E-state index in [0.29, 0.717) is 22.0 Å². The molecule has 4 aromatic carbocycles. The number of carbonyl (C=O) groups excluding carboxylic acids is 2. The number of carbonyl (C=O) groups is 2. The molecule has 0 aliphatic carbocycles. The number of halogens is 1. The third-order valence-electron chi connectivity index (χ3n) is 6.22. The number of hydrogen-bond donors (Lipinski definition) is 1. The third-order valence-corrected chi connectivity index (χ3v) is 6.48. The molecule has 37 heavy (non-hydrogen) atoms. The molecule has 6 heteroatoms. The Morgan fingerprint density at radius 2 is 1.51 bits per heavy atom. The van der Waals surface area contributed by atoms with Crippen LogP contribution in [0, 0.1) is 6.92 Å². The molecule has 1 atom stereocenters. The topological polar surface area (TPSA) is 58.6 Å². The lowest BCUT2D eigenvalue weighted by molar-refractivity contribution is -0.139. The second-order valence-electron chi connectivity index (χ2n) is 8.78. The summed E-state index contributed by atoms with van der Waals surface area (Å²) in [6.45, 7) is 2.28. The van der Waals surface area contributed by atoms with Crippen molar-refractivity contribution < 1.29 is 14.3 Å². The lowest BCUT2D eigenvalue weighted by Crippen LogP contribution is -2.41. The number of aryl methyl sites for hydroxylation is 1. The van der Waals surface area contributed by atoms with Crippen molar-refractivity contribution in [2.24, 2.45) is 0 Å². The molecule has 1 N–H and O–H groups in total. The Labute approximate surface area is 222 Å². The van der Waals surface area contributed by atoms with E-state index >= 15 is 0 Å². The number of rotatable bonds is 9. The van der Waals surface area contributed by atoms with E-state index < -0.39 is 6.04 Å². The van der Waals surface area contributed by atoms with E-state index in [-0.39, 0.29) is 24.8 Å². The first kappa shape index (κ1) is 26.0. The molecule has 0 heterocycles. The molecule has 1 unspecified atom stereocenters. The van der Waals surface area contributed by atoms with Crippen LogP contribution in [0.2, 0.25) is 5.02 Å². The first-order chi connectivity index (χ1) is 17.9. The fourth-order valence-corrected chi connectivity index (χ4v) is 4.30. The fourth-order valence-electron chi connectivity index (χ4n) is 4.17. The SMILES string of the molecule is COc1ccc(NC(=O)C(c2ccc(Cl)cc2)N(Cc2ccccc2C)C(=O)Cc2ccccc2)cc1. The predicted octanol–water partition coefficient (Wildman–Crippen LogP) is 6.61. The summed E-state index contributed by atoms with van der Waals surface area (Å²) in [5.41, 5.74) is 4.18. The van der Waals surface area contributed by atoms with Crippen LogP contribution < -0.4 is 10.1 Å². The van der Waals surface area contributed by atoms with Crippen molar-refractivity contribution >= 4 is 29.1 Å². The lowest BCUT2D eigenvalue weighted by atomic mass is 10.0. The van der Waals surface area contributed by atoms with Gasteiger partial charge in [-0.2, -0.15) is 0 Å². The number of ether oxygens (including phenoxy) is 1. The van der Waals surface area contributed by atoms with E-state index in [1.54, 1.807) is 60.5 Å². The van der Waals surface area contributed by atoms with Gasteiger partial charge in [-0.25, -0.2) is 0 Å². The summed E-state index contributed by atoms with van der Waals surface area (Å²) in [6.07, 6.45) is 0.173. The van der Waals surface area contributed by atoms with Gasteiger partial charge >= 0.3 is 0 Å². The maximum Gasteiger partial charge on any atom is 0.251 e. The molecule has 0 aliphatic rings. The summed E-state index contributed by atoms with van der Waals surface area (Å²) in [5.74, 6) is 0.216. The van der Waals surface area contributed by atoms with Gasteiger partial charge in [-0.1, -0.05) is 78.3 Å². The standard InChI is InChI=1S/C31H29ClN2O3/c1-22-8-6-7-11-25(22)21-34(29(35)20-23-9-4-3-5-10-23)30(24-12-14-26(32)15-13-24)31(36)33-27-16-18-28(37-2)19-17-27/h3-19,30H,20-21H2,1-2H3,(H,33,36).